The molecular formula is C10H11NO5S. The topological polar surface area (TPSA) is 104 Å². The maximum atomic E-state index is 11.5. The van der Waals surface area contributed by atoms with E-state index in [1.54, 1.807) is 17.5 Å². The third kappa shape index (κ3) is 4.23. The molecule has 0 saturated heterocycles. The van der Waals surface area contributed by atoms with Gasteiger partial charge in [-0.2, -0.15) is 0 Å². The van der Waals surface area contributed by atoms with Crippen molar-refractivity contribution in [2.24, 2.45) is 5.92 Å². The van der Waals surface area contributed by atoms with Crippen molar-refractivity contribution in [2.75, 3.05) is 6.54 Å². The number of hydrogen-bond acceptors (Lipinski definition) is 4. The number of nitrogens with one attached hydrogen (secondary N) is 1. The Balaban J connectivity index is 2.49. The summed E-state index contributed by atoms with van der Waals surface area (Å²) in [5.41, 5.74) is 0. The number of thiophene rings is 1. The first-order valence-electron chi connectivity index (χ1n) is 4.77. The van der Waals surface area contributed by atoms with Gasteiger partial charge in [0.1, 0.15) is 0 Å². The van der Waals surface area contributed by atoms with Crippen LogP contribution in [0.1, 0.15) is 16.1 Å². The lowest BCUT2D eigenvalue weighted by Crippen LogP contribution is -2.33. The van der Waals surface area contributed by atoms with Crippen molar-refractivity contribution in [3.63, 3.8) is 0 Å². The van der Waals surface area contributed by atoms with Crippen LogP contribution in [0.2, 0.25) is 0 Å². The number of rotatable bonds is 6. The molecule has 0 bridgehead atoms. The van der Waals surface area contributed by atoms with Crippen molar-refractivity contribution >= 4 is 29.2 Å². The second-order valence-corrected chi connectivity index (χ2v) is 4.27. The van der Waals surface area contributed by atoms with Crippen molar-refractivity contribution in [3.05, 3.63) is 22.4 Å². The summed E-state index contributed by atoms with van der Waals surface area (Å²) in [4.78, 5) is 33.1. The van der Waals surface area contributed by atoms with E-state index in [0.717, 1.165) is 0 Å². The molecule has 1 aromatic rings. The van der Waals surface area contributed by atoms with E-state index in [-0.39, 0.29) is 6.54 Å². The number of amides is 1. The Morgan fingerprint density at radius 3 is 2.53 bits per heavy atom. The van der Waals surface area contributed by atoms with Gasteiger partial charge in [0.05, 0.1) is 17.2 Å². The summed E-state index contributed by atoms with van der Waals surface area (Å²) in [7, 11) is 0. The molecule has 6 nitrogen and oxygen atoms in total. The molecule has 92 valence electrons. The molecule has 17 heavy (non-hydrogen) atoms. The summed E-state index contributed by atoms with van der Waals surface area (Å²) in [6, 6.07) is 3.30. The summed E-state index contributed by atoms with van der Waals surface area (Å²) in [5.74, 6) is -3.95. The molecular weight excluding hydrogens is 246 g/mol. The number of carbonyl (C=O) groups is 3. The van der Waals surface area contributed by atoms with Gasteiger partial charge in [-0.25, -0.2) is 0 Å². The van der Waals surface area contributed by atoms with Gasteiger partial charge >= 0.3 is 11.9 Å². The van der Waals surface area contributed by atoms with Gasteiger partial charge < -0.3 is 15.5 Å². The summed E-state index contributed by atoms with van der Waals surface area (Å²) in [6.07, 6.45) is -0.514. The van der Waals surface area contributed by atoms with Crippen LogP contribution in [0, 0.1) is 5.92 Å². The molecule has 1 aromatic heterocycles. The number of aliphatic carboxylic acids is 2. The fraction of sp³-hybridized carbons (Fsp3) is 0.300. The zero-order valence-corrected chi connectivity index (χ0v) is 9.57. The van der Waals surface area contributed by atoms with Gasteiger partial charge in [0.2, 0.25) is 0 Å². The normalized spacial score (nSPS) is 11.8. The predicted molar refractivity (Wildman–Crippen MR) is 60.0 cm³/mol. The molecule has 1 atom stereocenters. The van der Waals surface area contributed by atoms with Gasteiger partial charge in [0.15, 0.2) is 0 Å². The van der Waals surface area contributed by atoms with Gasteiger partial charge in [-0.15, -0.1) is 11.3 Å². The molecule has 1 rings (SSSR count). The van der Waals surface area contributed by atoms with Crippen LogP contribution in [0.15, 0.2) is 17.5 Å². The third-order valence-corrected chi connectivity index (χ3v) is 2.89. The highest BCUT2D eigenvalue weighted by Crippen LogP contribution is 2.08. The summed E-state index contributed by atoms with van der Waals surface area (Å²) in [5, 5.41) is 21.4. The van der Waals surface area contributed by atoms with Gasteiger partial charge in [0.25, 0.3) is 5.91 Å². The molecule has 1 unspecified atom stereocenters. The maximum absolute atomic E-state index is 11.5. The summed E-state index contributed by atoms with van der Waals surface area (Å²) < 4.78 is 0. The van der Waals surface area contributed by atoms with Gasteiger partial charge in [-0.05, 0) is 11.4 Å². The van der Waals surface area contributed by atoms with Crippen molar-refractivity contribution in [3.8, 4) is 0 Å². The van der Waals surface area contributed by atoms with Crippen LogP contribution in [-0.4, -0.2) is 34.6 Å². The fourth-order valence-electron chi connectivity index (χ4n) is 1.17. The molecule has 3 N–H and O–H groups in total. The molecule has 0 aliphatic rings. The van der Waals surface area contributed by atoms with E-state index in [1.165, 1.54) is 11.3 Å². The SMILES string of the molecule is O=C(O)CC(CNC(=O)c1cccs1)C(=O)O. The Morgan fingerprint density at radius 1 is 1.35 bits per heavy atom. The van der Waals surface area contributed by atoms with E-state index in [9.17, 15) is 14.4 Å². The van der Waals surface area contributed by atoms with Crippen LogP contribution in [0.4, 0.5) is 0 Å². The fourth-order valence-corrected chi connectivity index (χ4v) is 1.81. The minimum atomic E-state index is -1.24. The second kappa shape index (κ2) is 6.00. The minimum absolute atomic E-state index is 0.196. The average Bonchev–Trinajstić information content (AvgIpc) is 2.76. The van der Waals surface area contributed by atoms with Crippen LogP contribution in [0.5, 0.6) is 0 Å². The molecule has 0 aliphatic carbocycles. The molecule has 0 aromatic carbocycles. The number of hydrogen-bond donors (Lipinski definition) is 3. The highest BCUT2D eigenvalue weighted by Gasteiger charge is 2.21. The van der Waals surface area contributed by atoms with Crippen LogP contribution in [0.25, 0.3) is 0 Å². The Kier molecular flexibility index (Phi) is 4.65. The van der Waals surface area contributed by atoms with Crippen molar-refractivity contribution in [1.82, 2.24) is 5.32 Å². The highest BCUT2D eigenvalue weighted by atomic mass is 32.1. The average molecular weight is 257 g/mol. The number of carboxylic acid groups (broad SMARTS) is 2. The van der Waals surface area contributed by atoms with Crippen LogP contribution in [0.3, 0.4) is 0 Å². The zero-order chi connectivity index (χ0) is 12.8. The van der Waals surface area contributed by atoms with Gasteiger partial charge in [-0.1, -0.05) is 6.07 Å². The summed E-state index contributed by atoms with van der Waals surface area (Å²) in [6.45, 7) is -0.196. The van der Waals surface area contributed by atoms with Gasteiger partial charge in [-0.3, -0.25) is 14.4 Å². The highest BCUT2D eigenvalue weighted by molar-refractivity contribution is 7.12. The Hall–Kier alpha value is -1.89. The first-order chi connectivity index (χ1) is 8.00. The molecule has 1 amide bonds. The standard InChI is InChI=1S/C10H11NO5S/c12-8(13)4-6(10(15)16)5-11-9(14)7-2-1-3-17-7/h1-3,6H,4-5H2,(H,11,14)(H,12,13)(H,15,16). The quantitative estimate of drug-likeness (QED) is 0.694. The maximum Gasteiger partial charge on any atom is 0.308 e. The van der Waals surface area contributed by atoms with E-state index >= 15 is 0 Å². The third-order valence-electron chi connectivity index (χ3n) is 2.02. The molecule has 0 radical (unpaired) electrons. The van der Waals surface area contributed by atoms with E-state index in [4.69, 9.17) is 10.2 Å². The predicted octanol–water partition coefficient (Wildman–Crippen LogP) is 0.653. The van der Waals surface area contributed by atoms with Crippen molar-refractivity contribution in [2.45, 2.75) is 6.42 Å². The summed E-state index contributed by atoms with van der Waals surface area (Å²) >= 11 is 1.23. The molecule has 1 heterocycles. The second-order valence-electron chi connectivity index (χ2n) is 3.32. The number of carbonyl (C=O) groups excluding carboxylic acids is 1. The smallest absolute Gasteiger partial charge is 0.308 e. The van der Waals surface area contributed by atoms with Crippen molar-refractivity contribution in [1.29, 1.82) is 0 Å². The zero-order valence-electron chi connectivity index (χ0n) is 8.75. The van der Waals surface area contributed by atoms with Crippen LogP contribution < -0.4 is 5.32 Å². The van der Waals surface area contributed by atoms with E-state index in [0.29, 0.717) is 4.88 Å². The Labute approximate surface area is 101 Å². The molecule has 7 heteroatoms. The van der Waals surface area contributed by atoms with Crippen LogP contribution in [-0.2, 0) is 9.59 Å². The first-order valence-corrected chi connectivity index (χ1v) is 5.65. The van der Waals surface area contributed by atoms with Gasteiger partial charge in [0, 0.05) is 6.54 Å². The van der Waals surface area contributed by atoms with E-state index in [2.05, 4.69) is 5.32 Å². The first kappa shape index (κ1) is 13.2. The lowest BCUT2D eigenvalue weighted by atomic mass is 10.1. The molecule has 0 fully saturated rings. The van der Waals surface area contributed by atoms with Crippen molar-refractivity contribution < 1.29 is 24.6 Å². The Bertz CT molecular complexity index is 414. The van der Waals surface area contributed by atoms with Crippen LogP contribution >= 0.6 is 11.3 Å². The molecule has 0 spiro atoms. The monoisotopic (exact) mass is 257 g/mol. The molecule has 0 saturated carbocycles. The Morgan fingerprint density at radius 2 is 2.06 bits per heavy atom. The number of carboxylic acids is 2. The molecule has 0 aliphatic heterocycles. The van der Waals surface area contributed by atoms with E-state index < -0.39 is 30.2 Å². The lowest BCUT2D eigenvalue weighted by Gasteiger charge is -2.10. The van der Waals surface area contributed by atoms with E-state index in [1.807, 2.05) is 0 Å². The minimum Gasteiger partial charge on any atom is -0.481 e. The largest absolute Gasteiger partial charge is 0.481 e. The lowest BCUT2D eigenvalue weighted by molar-refractivity contribution is -0.148.